The quantitative estimate of drug-likeness (QED) is 0.164. The Morgan fingerprint density at radius 3 is 2.40 bits per heavy atom. The van der Waals surface area contributed by atoms with Crippen molar-refractivity contribution in [1.29, 1.82) is 0 Å². The van der Waals surface area contributed by atoms with Crippen molar-refractivity contribution in [3.63, 3.8) is 0 Å². The van der Waals surface area contributed by atoms with Gasteiger partial charge < -0.3 is 4.90 Å². The summed E-state index contributed by atoms with van der Waals surface area (Å²) in [6, 6.07) is 24.5. The Bertz CT molecular complexity index is 1380. The number of benzene rings is 3. The average Bonchev–Trinajstić information content (AvgIpc) is 2.89. The van der Waals surface area contributed by atoms with Gasteiger partial charge in [0, 0.05) is 18.8 Å². The number of hydrogen-bond donors (Lipinski definition) is 1. The number of aromatic nitrogens is 2. The van der Waals surface area contributed by atoms with Crippen LogP contribution in [0.4, 0.5) is 5.69 Å². The van der Waals surface area contributed by atoms with Crippen molar-refractivity contribution in [2.24, 2.45) is 5.10 Å². The molecule has 0 radical (unpaired) electrons. The second kappa shape index (κ2) is 11.5. The van der Waals surface area contributed by atoms with Gasteiger partial charge in [0.2, 0.25) is 0 Å². The van der Waals surface area contributed by atoms with Crippen molar-refractivity contribution in [3.8, 4) is 5.69 Å². The van der Waals surface area contributed by atoms with E-state index >= 15 is 0 Å². The Labute approximate surface area is 208 Å². The molecule has 0 unspecified atom stereocenters. The van der Waals surface area contributed by atoms with Gasteiger partial charge in [0.05, 0.1) is 28.6 Å². The molecule has 0 saturated heterocycles. The van der Waals surface area contributed by atoms with Crippen LogP contribution in [-0.4, -0.2) is 40.5 Å². The lowest BCUT2D eigenvalue weighted by molar-refractivity contribution is -0.118. The minimum atomic E-state index is -0.284. The fraction of sp³-hybridized carbons (Fsp3) is 0.185. The Balaban J connectivity index is 1.46. The minimum Gasteiger partial charge on any atom is -0.372 e. The van der Waals surface area contributed by atoms with Crippen molar-refractivity contribution < 1.29 is 4.79 Å². The molecule has 1 N–H and O–H groups in total. The van der Waals surface area contributed by atoms with Gasteiger partial charge in [0.15, 0.2) is 5.16 Å². The van der Waals surface area contributed by atoms with Gasteiger partial charge >= 0.3 is 0 Å². The number of anilines is 1. The number of thioether (sulfide) groups is 1. The van der Waals surface area contributed by atoms with E-state index in [0.717, 1.165) is 24.3 Å². The van der Waals surface area contributed by atoms with E-state index in [1.54, 1.807) is 22.9 Å². The number of nitrogens with zero attached hydrogens (tertiary/aromatic N) is 4. The predicted molar refractivity (Wildman–Crippen MR) is 144 cm³/mol. The van der Waals surface area contributed by atoms with Crippen molar-refractivity contribution in [2.45, 2.75) is 19.0 Å². The van der Waals surface area contributed by atoms with Crippen LogP contribution in [-0.2, 0) is 4.79 Å². The van der Waals surface area contributed by atoms with Gasteiger partial charge in [-0.15, -0.1) is 0 Å². The van der Waals surface area contributed by atoms with Crippen molar-refractivity contribution in [3.05, 3.63) is 94.8 Å². The molecular formula is C27H27N5O2S. The summed E-state index contributed by atoms with van der Waals surface area (Å²) >= 11 is 1.20. The highest BCUT2D eigenvalue weighted by Gasteiger charge is 2.14. The number of carbonyl (C=O) groups is 1. The van der Waals surface area contributed by atoms with E-state index in [2.05, 4.69) is 34.3 Å². The van der Waals surface area contributed by atoms with Gasteiger partial charge in [-0.3, -0.25) is 14.2 Å². The molecule has 178 valence electrons. The molecule has 1 heterocycles. The lowest BCUT2D eigenvalue weighted by Gasteiger charge is -2.20. The molecule has 3 aromatic carbocycles. The first-order valence-electron chi connectivity index (χ1n) is 11.5. The highest BCUT2D eigenvalue weighted by molar-refractivity contribution is 7.99. The van der Waals surface area contributed by atoms with Crippen LogP contribution in [0.15, 0.2) is 93.9 Å². The number of carbonyl (C=O) groups excluding carboxylic acids is 1. The molecule has 4 aromatic rings. The number of nitrogens with one attached hydrogen (secondary N) is 1. The molecule has 0 aliphatic rings. The third-order valence-corrected chi connectivity index (χ3v) is 6.45. The fourth-order valence-corrected chi connectivity index (χ4v) is 4.52. The van der Waals surface area contributed by atoms with Gasteiger partial charge in [0.25, 0.3) is 11.5 Å². The van der Waals surface area contributed by atoms with Crippen molar-refractivity contribution >= 4 is 40.5 Å². The maximum absolute atomic E-state index is 13.2. The largest absolute Gasteiger partial charge is 0.372 e. The summed E-state index contributed by atoms with van der Waals surface area (Å²) in [6.07, 6.45) is 1.61. The first kappa shape index (κ1) is 24.2. The van der Waals surface area contributed by atoms with Crippen LogP contribution in [0.5, 0.6) is 0 Å². The van der Waals surface area contributed by atoms with Gasteiger partial charge in [-0.25, -0.2) is 10.4 Å². The summed E-state index contributed by atoms with van der Waals surface area (Å²) in [5.74, 6) is -0.219. The van der Waals surface area contributed by atoms with E-state index in [1.165, 1.54) is 11.8 Å². The molecule has 0 bridgehead atoms. The molecule has 7 nitrogen and oxygen atoms in total. The van der Waals surface area contributed by atoms with Gasteiger partial charge in [0.1, 0.15) is 0 Å². The first-order valence-corrected chi connectivity index (χ1v) is 12.5. The molecule has 0 saturated carbocycles. The summed E-state index contributed by atoms with van der Waals surface area (Å²) in [5.41, 5.74) is 5.73. The SMILES string of the molecule is CCN(CC)c1ccc(/C=N/NC(=O)CSc2nc3ccccc3c(=O)n2-c2ccccc2)cc1. The Hall–Kier alpha value is -3.91. The fourth-order valence-electron chi connectivity index (χ4n) is 3.72. The second-order valence-electron chi connectivity index (χ2n) is 7.73. The maximum atomic E-state index is 13.2. The lowest BCUT2D eigenvalue weighted by Crippen LogP contribution is -2.24. The zero-order chi connectivity index (χ0) is 24.6. The number of hydrazone groups is 1. The smallest absolute Gasteiger partial charge is 0.266 e. The van der Waals surface area contributed by atoms with E-state index < -0.39 is 0 Å². The summed E-state index contributed by atoms with van der Waals surface area (Å²) in [4.78, 5) is 32.6. The summed E-state index contributed by atoms with van der Waals surface area (Å²) in [6.45, 7) is 6.14. The van der Waals surface area contributed by atoms with Crippen molar-refractivity contribution in [2.75, 3.05) is 23.7 Å². The molecule has 0 aliphatic carbocycles. The van der Waals surface area contributed by atoms with E-state index in [-0.39, 0.29) is 17.2 Å². The zero-order valence-electron chi connectivity index (χ0n) is 19.7. The third-order valence-electron chi connectivity index (χ3n) is 5.52. The average molecular weight is 486 g/mol. The normalized spacial score (nSPS) is 11.1. The minimum absolute atomic E-state index is 0.0653. The molecule has 0 fully saturated rings. The molecular weight excluding hydrogens is 458 g/mol. The highest BCUT2D eigenvalue weighted by Crippen LogP contribution is 2.21. The second-order valence-corrected chi connectivity index (χ2v) is 8.68. The molecule has 1 amide bonds. The molecule has 0 spiro atoms. The van der Waals surface area contributed by atoms with Gasteiger partial charge in [-0.05, 0) is 55.8 Å². The summed E-state index contributed by atoms with van der Waals surface area (Å²) in [7, 11) is 0. The molecule has 0 atom stereocenters. The van der Waals surface area contributed by atoms with Crippen LogP contribution in [0, 0.1) is 0 Å². The van der Waals surface area contributed by atoms with E-state index in [0.29, 0.717) is 21.7 Å². The summed E-state index contributed by atoms with van der Waals surface area (Å²) in [5, 5.41) is 5.06. The molecule has 35 heavy (non-hydrogen) atoms. The van der Waals surface area contributed by atoms with Crippen LogP contribution in [0.1, 0.15) is 19.4 Å². The Morgan fingerprint density at radius 2 is 1.69 bits per heavy atom. The van der Waals surface area contributed by atoms with Crippen LogP contribution in [0.25, 0.3) is 16.6 Å². The molecule has 0 aliphatic heterocycles. The van der Waals surface area contributed by atoms with Crippen LogP contribution in [0.2, 0.25) is 0 Å². The van der Waals surface area contributed by atoms with Crippen LogP contribution < -0.4 is 15.9 Å². The number of fused-ring (bicyclic) bond motifs is 1. The molecule has 8 heteroatoms. The highest BCUT2D eigenvalue weighted by atomic mass is 32.2. The molecule has 4 rings (SSSR count). The topological polar surface area (TPSA) is 79.6 Å². The van der Waals surface area contributed by atoms with Crippen molar-refractivity contribution in [1.82, 2.24) is 15.0 Å². The zero-order valence-corrected chi connectivity index (χ0v) is 20.5. The maximum Gasteiger partial charge on any atom is 0.266 e. The van der Waals surface area contributed by atoms with E-state index in [4.69, 9.17) is 0 Å². The van der Waals surface area contributed by atoms with E-state index in [1.807, 2.05) is 66.7 Å². The lowest BCUT2D eigenvalue weighted by atomic mass is 10.2. The number of rotatable bonds is 9. The van der Waals surface area contributed by atoms with Gasteiger partial charge in [-0.2, -0.15) is 5.10 Å². The first-order chi connectivity index (χ1) is 17.1. The van der Waals surface area contributed by atoms with Crippen LogP contribution >= 0.6 is 11.8 Å². The number of amides is 1. The molecule has 1 aromatic heterocycles. The van der Waals surface area contributed by atoms with E-state index in [9.17, 15) is 9.59 Å². The Morgan fingerprint density at radius 1 is 1.00 bits per heavy atom. The van der Waals surface area contributed by atoms with Gasteiger partial charge in [-0.1, -0.05) is 54.2 Å². The number of hydrogen-bond acceptors (Lipinski definition) is 6. The number of para-hydroxylation sites is 2. The standard InChI is InChI=1S/C27H27N5O2S/c1-3-31(4-2)21-16-14-20(15-17-21)18-28-30-25(33)19-35-27-29-24-13-9-8-12-23(24)26(34)32(27)22-10-6-5-7-11-22/h5-18H,3-4,19H2,1-2H3,(H,30,33)/b28-18+. The Kier molecular flexibility index (Phi) is 7.95. The van der Waals surface area contributed by atoms with Crippen LogP contribution in [0.3, 0.4) is 0 Å². The predicted octanol–water partition coefficient (Wildman–Crippen LogP) is 4.47. The summed E-state index contributed by atoms with van der Waals surface area (Å²) < 4.78 is 1.54. The monoisotopic (exact) mass is 485 g/mol. The third kappa shape index (κ3) is 5.78.